The highest BCUT2D eigenvalue weighted by atomic mass is 16.3. The monoisotopic (exact) mass is 466 g/mol. The molecule has 2 aliphatic rings. The highest BCUT2D eigenvalue weighted by Gasteiger charge is 2.40. The third-order valence-electron chi connectivity index (χ3n) is 7.12. The van der Waals surface area contributed by atoms with Crippen LogP contribution in [0.1, 0.15) is 79.9 Å². The van der Waals surface area contributed by atoms with Crippen LogP contribution in [-0.4, -0.2) is 53.2 Å². The van der Waals surface area contributed by atoms with E-state index < -0.39 is 6.04 Å². The second-order valence-electron chi connectivity index (χ2n) is 9.35. The van der Waals surface area contributed by atoms with E-state index >= 15 is 0 Å². The number of oxazole rings is 1. The van der Waals surface area contributed by atoms with Crippen molar-refractivity contribution in [2.45, 2.75) is 70.0 Å². The van der Waals surface area contributed by atoms with Gasteiger partial charge >= 0.3 is 0 Å². The van der Waals surface area contributed by atoms with Crippen molar-refractivity contribution >= 4 is 17.6 Å². The molecule has 2 heterocycles. The molecule has 1 aromatic carbocycles. The predicted octanol–water partition coefficient (Wildman–Crippen LogP) is 3.24. The zero-order valence-electron chi connectivity index (χ0n) is 20.0. The normalized spacial score (nSPS) is 20.6. The quantitative estimate of drug-likeness (QED) is 0.579. The van der Waals surface area contributed by atoms with Gasteiger partial charge in [-0.25, -0.2) is 4.98 Å². The molecule has 3 atom stereocenters. The minimum Gasteiger partial charge on any atom is -0.446 e. The van der Waals surface area contributed by atoms with Gasteiger partial charge in [0.1, 0.15) is 24.0 Å². The van der Waals surface area contributed by atoms with Gasteiger partial charge < -0.3 is 20.0 Å². The van der Waals surface area contributed by atoms with Crippen LogP contribution in [0.3, 0.4) is 0 Å². The molecule has 1 saturated carbocycles. The molecule has 1 aromatic heterocycles. The smallest absolute Gasteiger partial charge is 0.246 e. The Balaban J connectivity index is 1.53. The van der Waals surface area contributed by atoms with Crippen LogP contribution in [0.5, 0.6) is 0 Å². The third kappa shape index (κ3) is 5.22. The number of aromatic nitrogens is 1. The van der Waals surface area contributed by atoms with Gasteiger partial charge in [0, 0.05) is 12.1 Å². The summed E-state index contributed by atoms with van der Waals surface area (Å²) in [5, 5.41) is 5.98. The predicted molar refractivity (Wildman–Crippen MR) is 127 cm³/mol. The largest absolute Gasteiger partial charge is 0.446 e. The van der Waals surface area contributed by atoms with E-state index in [-0.39, 0.29) is 41.3 Å². The summed E-state index contributed by atoms with van der Waals surface area (Å²) in [6.45, 7) is 2.36. The van der Waals surface area contributed by atoms with Crippen molar-refractivity contribution in [2.24, 2.45) is 5.92 Å². The minimum absolute atomic E-state index is 0.0832. The fourth-order valence-corrected chi connectivity index (χ4v) is 5.01. The van der Waals surface area contributed by atoms with Crippen molar-refractivity contribution in [1.29, 1.82) is 0 Å². The summed E-state index contributed by atoms with van der Waals surface area (Å²) in [6.07, 6.45) is 8.07. The van der Waals surface area contributed by atoms with Gasteiger partial charge in [-0.05, 0) is 45.6 Å². The number of nitrogens with zero attached hydrogens (tertiary/aromatic N) is 2. The number of amides is 2. The summed E-state index contributed by atoms with van der Waals surface area (Å²) in [5.74, 6) is 0.0341. The van der Waals surface area contributed by atoms with Gasteiger partial charge in [0.15, 0.2) is 0 Å². The summed E-state index contributed by atoms with van der Waals surface area (Å²) in [5.41, 5.74) is 0.779. The Morgan fingerprint density at radius 1 is 1.06 bits per heavy atom. The second kappa shape index (κ2) is 11.0. The Hall–Kier alpha value is -3.00. The molecule has 182 valence electrons. The van der Waals surface area contributed by atoms with Crippen LogP contribution in [-0.2, 0) is 9.59 Å². The number of likely N-dealkylation sites (N-methyl/N-ethyl adjacent to an activating group) is 1. The van der Waals surface area contributed by atoms with E-state index in [0.29, 0.717) is 24.4 Å². The number of hydrogen-bond donors (Lipinski definition) is 2. The number of nitrogens with one attached hydrogen (secondary N) is 2. The van der Waals surface area contributed by atoms with Gasteiger partial charge in [0.05, 0.1) is 6.04 Å². The van der Waals surface area contributed by atoms with Crippen molar-refractivity contribution in [3.63, 3.8) is 0 Å². The topological polar surface area (TPSA) is 105 Å². The van der Waals surface area contributed by atoms with Gasteiger partial charge in [-0.1, -0.05) is 49.6 Å². The SMILES string of the molecule is CN[C@@H](C)C(=O)N[C@H](C(=O)N1CCC[C@H]1c1nc(C(=O)c2ccccc2)co1)C1CCCCC1. The molecule has 4 rings (SSSR count). The zero-order chi connectivity index (χ0) is 24.1. The first-order valence-corrected chi connectivity index (χ1v) is 12.3. The molecule has 0 bridgehead atoms. The molecule has 2 amide bonds. The molecule has 1 saturated heterocycles. The Labute approximate surface area is 200 Å². The average molecular weight is 467 g/mol. The zero-order valence-corrected chi connectivity index (χ0v) is 20.0. The fourth-order valence-electron chi connectivity index (χ4n) is 5.01. The summed E-state index contributed by atoms with van der Waals surface area (Å²) in [4.78, 5) is 45.5. The Bertz CT molecular complexity index is 999. The van der Waals surface area contributed by atoms with Crippen molar-refractivity contribution < 1.29 is 18.8 Å². The lowest BCUT2D eigenvalue weighted by atomic mass is 9.83. The van der Waals surface area contributed by atoms with E-state index in [1.54, 1.807) is 43.1 Å². The molecule has 8 heteroatoms. The molecule has 34 heavy (non-hydrogen) atoms. The Kier molecular flexibility index (Phi) is 7.77. The molecule has 0 radical (unpaired) electrons. The Morgan fingerprint density at radius 3 is 2.50 bits per heavy atom. The molecular formula is C26H34N4O4. The maximum Gasteiger partial charge on any atom is 0.246 e. The van der Waals surface area contributed by atoms with Crippen LogP contribution in [0.15, 0.2) is 41.0 Å². The number of carbonyl (C=O) groups excluding carboxylic acids is 3. The molecular weight excluding hydrogens is 432 g/mol. The third-order valence-corrected chi connectivity index (χ3v) is 7.12. The van der Waals surface area contributed by atoms with Crippen LogP contribution in [0.4, 0.5) is 0 Å². The van der Waals surface area contributed by atoms with Crippen molar-refractivity contribution in [2.75, 3.05) is 13.6 Å². The Morgan fingerprint density at radius 2 is 1.79 bits per heavy atom. The van der Waals surface area contributed by atoms with Crippen LogP contribution >= 0.6 is 0 Å². The van der Waals surface area contributed by atoms with Gasteiger partial charge in [0.2, 0.25) is 23.5 Å². The van der Waals surface area contributed by atoms with E-state index in [1.165, 1.54) is 12.7 Å². The molecule has 1 aliphatic carbocycles. The summed E-state index contributed by atoms with van der Waals surface area (Å²) in [6, 6.07) is 7.66. The first kappa shape index (κ1) is 24.1. The van der Waals surface area contributed by atoms with Gasteiger partial charge in [-0.2, -0.15) is 0 Å². The highest BCUT2D eigenvalue weighted by molar-refractivity contribution is 6.07. The first-order valence-electron chi connectivity index (χ1n) is 12.3. The number of likely N-dealkylation sites (tertiary alicyclic amines) is 1. The molecule has 8 nitrogen and oxygen atoms in total. The van der Waals surface area contributed by atoms with Crippen LogP contribution in [0, 0.1) is 5.92 Å². The number of benzene rings is 1. The van der Waals surface area contributed by atoms with E-state index in [2.05, 4.69) is 15.6 Å². The lowest BCUT2D eigenvalue weighted by molar-refractivity contribution is -0.140. The molecule has 2 aromatic rings. The lowest BCUT2D eigenvalue weighted by Gasteiger charge is -2.34. The molecule has 2 N–H and O–H groups in total. The second-order valence-corrected chi connectivity index (χ2v) is 9.35. The van der Waals surface area contributed by atoms with Gasteiger partial charge in [-0.3, -0.25) is 14.4 Å². The maximum atomic E-state index is 13.8. The average Bonchev–Trinajstić information content (AvgIpc) is 3.57. The van der Waals surface area contributed by atoms with Crippen molar-refractivity contribution in [1.82, 2.24) is 20.5 Å². The summed E-state index contributed by atoms with van der Waals surface area (Å²) in [7, 11) is 1.73. The van der Waals surface area contributed by atoms with E-state index in [9.17, 15) is 14.4 Å². The van der Waals surface area contributed by atoms with E-state index in [1.807, 2.05) is 6.07 Å². The standard InChI is InChI=1S/C26H34N4O4/c1-17(27-2)24(32)29-22(18-10-5-3-6-11-18)26(33)30-15-9-14-21(30)25-28-20(16-34-25)23(31)19-12-7-4-8-13-19/h4,7-8,12-13,16-18,21-22,27H,3,5-6,9-11,14-15H2,1-2H3,(H,29,32)/t17-,21-,22-/m0/s1. The van der Waals surface area contributed by atoms with Crippen LogP contribution in [0.25, 0.3) is 0 Å². The van der Waals surface area contributed by atoms with E-state index in [4.69, 9.17) is 4.42 Å². The summed E-state index contributed by atoms with van der Waals surface area (Å²) >= 11 is 0. The van der Waals surface area contributed by atoms with Crippen molar-refractivity contribution in [3.8, 4) is 0 Å². The number of hydrogen-bond acceptors (Lipinski definition) is 6. The molecule has 2 fully saturated rings. The number of ketones is 1. The van der Waals surface area contributed by atoms with Crippen LogP contribution in [0.2, 0.25) is 0 Å². The summed E-state index contributed by atoms with van der Waals surface area (Å²) < 4.78 is 5.71. The van der Waals surface area contributed by atoms with Gasteiger partial charge in [-0.15, -0.1) is 0 Å². The van der Waals surface area contributed by atoms with Crippen molar-refractivity contribution in [3.05, 3.63) is 53.7 Å². The maximum absolute atomic E-state index is 13.8. The van der Waals surface area contributed by atoms with Crippen LogP contribution < -0.4 is 10.6 Å². The van der Waals surface area contributed by atoms with E-state index in [0.717, 1.165) is 32.1 Å². The molecule has 1 aliphatic heterocycles. The molecule has 0 spiro atoms. The van der Waals surface area contributed by atoms with Gasteiger partial charge in [0.25, 0.3) is 0 Å². The molecule has 0 unspecified atom stereocenters. The lowest BCUT2D eigenvalue weighted by Crippen LogP contribution is -2.55. The number of rotatable bonds is 8. The minimum atomic E-state index is -0.565. The highest BCUT2D eigenvalue weighted by Crippen LogP contribution is 2.35. The first-order chi connectivity index (χ1) is 16.5. The fraction of sp³-hybridized carbons (Fsp3) is 0.538. The number of carbonyl (C=O) groups is 3.